The zero-order valence-electron chi connectivity index (χ0n) is 8.30. The fourth-order valence-electron chi connectivity index (χ4n) is 1.26. The molecule has 2 aromatic heterocycles. The molecule has 15 heavy (non-hydrogen) atoms. The van der Waals surface area contributed by atoms with Crippen molar-refractivity contribution in [1.82, 2.24) is 15.0 Å². The van der Waals surface area contributed by atoms with Crippen LogP contribution in [0.2, 0.25) is 0 Å². The van der Waals surface area contributed by atoms with Gasteiger partial charge in [-0.2, -0.15) is 0 Å². The molecule has 1 N–H and O–H groups in total. The quantitative estimate of drug-likeness (QED) is 0.884. The summed E-state index contributed by atoms with van der Waals surface area (Å²) < 4.78 is 0. The number of H-pyrrole nitrogens is 1. The van der Waals surface area contributed by atoms with E-state index in [0.29, 0.717) is 0 Å². The summed E-state index contributed by atoms with van der Waals surface area (Å²) in [4.78, 5) is 11.6. The minimum atomic E-state index is 0. The van der Waals surface area contributed by atoms with E-state index in [0.717, 1.165) is 23.6 Å². The Morgan fingerprint density at radius 2 is 2.07 bits per heavy atom. The average molecular weight is 246 g/mol. The summed E-state index contributed by atoms with van der Waals surface area (Å²) in [6.45, 7) is 1.99. The molecule has 0 fully saturated rings. The minimum absolute atomic E-state index is 0. The summed E-state index contributed by atoms with van der Waals surface area (Å²) in [6, 6.07) is 6.02. The van der Waals surface area contributed by atoms with Gasteiger partial charge >= 0.3 is 0 Å². The third kappa shape index (κ3) is 3.90. The lowest BCUT2D eigenvalue weighted by atomic mass is 10.2. The van der Waals surface area contributed by atoms with Crippen LogP contribution in [-0.2, 0) is 6.42 Å². The average Bonchev–Trinajstić information content (AvgIpc) is 2.57. The highest BCUT2D eigenvalue weighted by molar-refractivity contribution is 5.85. The van der Waals surface area contributed by atoms with Crippen molar-refractivity contribution in [3.8, 4) is 0 Å². The van der Waals surface area contributed by atoms with Crippen LogP contribution in [0.4, 0.5) is 0 Å². The van der Waals surface area contributed by atoms with Crippen molar-refractivity contribution >= 4 is 24.8 Å². The van der Waals surface area contributed by atoms with Crippen LogP contribution in [0.5, 0.6) is 0 Å². The zero-order valence-corrected chi connectivity index (χ0v) is 9.94. The van der Waals surface area contributed by atoms with Crippen molar-refractivity contribution < 1.29 is 0 Å². The van der Waals surface area contributed by atoms with Crippen LogP contribution >= 0.6 is 24.8 Å². The number of hydrogen-bond donors (Lipinski definition) is 1. The first kappa shape index (κ1) is 13.9. The number of rotatable bonds is 2. The van der Waals surface area contributed by atoms with Crippen LogP contribution in [0.3, 0.4) is 0 Å². The summed E-state index contributed by atoms with van der Waals surface area (Å²) in [7, 11) is 0. The minimum Gasteiger partial charge on any atom is -0.348 e. The molecule has 5 heteroatoms. The van der Waals surface area contributed by atoms with Gasteiger partial charge in [-0.1, -0.05) is 6.07 Å². The van der Waals surface area contributed by atoms with Crippen molar-refractivity contribution in [1.29, 1.82) is 0 Å². The van der Waals surface area contributed by atoms with E-state index in [1.807, 2.05) is 31.3 Å². The molecular formula is C10H13Cl2N3. The van der Waals surface area contributed by atoms with Crippen molar-refractivity contribution in [3.63, 3.8) is 0 Å². The molecule has 0 unspecified atom stereocenters. The number of pyridine rings is 1. The van der Waals surface area contributed by atoms with Crippen LogP contribution in [0, 0.1) is 6.92 Å². The molecule has 0 radical (unpaired) electrons. The molecule has 2 heterocycles. The van der Waals surface area contributed by atoms with E-state index < -0.39 is 0 Å². The van der Waals surface area contributed by atoms with Gasteiger partial charge < -0.3 is 4.98 Å². The van der Waals surface area contributed by atoms with E-state index in [4.69, 9.17) is 0 Å². The number of imidazole rings is 1. The van der Waals surface area contributed by atoms with Gasteiger partial charge in [-0.3, -0.25) is 4.98 Å². The largest absolute Gasteiger partial charge is 0.348 e. The molecule has 3 nitrogen and oxygen atoms in total. The standard InChI is InChI=1S/C10H11N3.2ClH/c1-8-3-2-4-9(13-8)7-10-11-5-6-12-10;;/h2-6H,7H2,1H3,(H,11,12);2*1H. The molecule has 0 aliphatic rings. The predicted octanol–water partition coefficient (Wildman–Crippen LogP) is 2.55. The second kappa shape index (κ2) is 6.43. The molecule has 0 aliphatic heterocycles. The Labute approximate surface area is 101 Å². The Bertz CT molecular complexity index is 387. The number of aryl methyl sites for hydroxylation is 1. The van der Waals surface area contributed by atoms with E-state index in [-0.39, 0.29) is 24.8 Å². The number of nitrogens with one attached hydrogen (secondary N) is 1. The summed E-state index contributed by atoms with van der Waals surface area (Å²) in [5.41, 5.74) is 2.10. The first-order valence-electron chi connectivity index (χ1n) is 4.25. The third-order valence-electron chi connectivity index (χ3n) is 1.85. The molecule has 0 spiro atoms. The molecule has 0 saturated carbocycles. The Kier molecular flexibility index (Phi) is 5.97. The molecule has 0 atom stereocenters. The van der Waals surface area contributed by atoms with Crippen LogP contribution in [-0.4, -0.2) is 15.0 Å². The van der Waals surface area contributed by atoms with Crippen LogP contribution < -0.4 is 0 Å². The Hall–Kier alpha value is -1.06. The molecule has 0 amide bonds. The molecule has 0 bridgehead atoms. The number of halogens is 2. The molecule has 0 aliphatic carbocycles. The second-order valence-electron chi connectivity index (χ2n) is 2.98. The molecule has 2 rings (SSSR count). The van der Waals surface area contributed by atoms with E-state index in [1.165, 1.54) is 0 Å². The van der Waals surface area contributed by atoms with E-state index in [2.05, 4.69) is 15.0 Å². The van der Waals surface area contributed by atoms with Gasteiger partial charge in [0.15, 0.2) is 0 Å². The first-order valence-corrected chi connectivity index (χ1v) is 4.25. The predicted molar refractivity (Wildman–Crippen MR) is 64.9 cm³/mol. The number of aromatic amines is 1. The first-order chi connectivity index (χ1) is 6.34. The zero-order chi connectivity index (χ0) is 9.10. The van der Waals surface area contributed by atoms with Gasteiger partial charge in [0.2, 0.25) is 0 Å². The number of nitrogens with zero attached hydrogens (tertiary/aromatic N) is 2. The maximum Gasteiger partial charge on any atom is 0.112 e. The fourth-order valence-corrected chi connectivity index (χ4v) is 1.26. The highest BCUT2D eigenvalue weighted by Crippen LogP contribution is 2.02. The van der Waals surface area contributed by atoms with E-state index >= 15 is 0 Å². The molecule has 0 saturated heterocycles. The summed E-state index contributed by atoms with van der Waals surface area (Å²) in [6.07, 6.45) is 4.35. The Morgan fingerprint density at radius 1 is 1.27 bits per heavy atom. The van der Waals surface area contributed by atoms with Crippen molar-refractivity contribution in [3.05, 3.63) is 47.8 Å². The van der Waals surface area contributed by atoms with E-state index in [1.54, 1.807) is 6.20 Å². The molecule has 82 valence electrons. The monoisotopic (exact) mass is 245 g/mol. The smallest absolute Gasteiger partial charge is 0.112 e. The molecular weight excluding hydrogens is 233 g/mol. The summed E-state index contributed by atoms with van der Waals surface area (Å²) >= 11 is 0. The van der Waals surface area contributed by atoms with E-state index in [9.17, 15) is 0 Å². The Balaban J connectivity index is 0.000000980. The van der Waals surface area contributed by atoms with Crippen molar-refractivity contribution in [2.24, 2.45) is 0 Å². The van der Waals surface area contributed by atoms with Gasteiger partial charge in [0.05, 0.1) is 0 Å². The highest BCUT2D eigenvalue weighted by atomic mass is 35.5. The lowest BCUT2D eigenvalue weighted by molar-refractivity contribution is 0.962. The van der Waals surface area contributed by atoms with Gasteiger partial charge in [0.25, 0.3) is 0 Å². The van der Waals surface area contributed by atoms with Crippen LogP contribution in [0.1, 0.15) is 17.2 Å². The van der Waals surface area contributed by atoms with Crippen molar-refractivity contribution in [2.75, 3.05) is 0 Å². The van der Waals surface area contributed by atoms with Gasteiger partial charge in [0.1, 0.15) is 5.82 Å². The number of aromatic nitrogens is 3. The lowest BCUT2D eigenvalue weighted by Crippen LogP contribution is -1.94. The fraction of sp³-hybridized carbons (Fsp3) is 0.200. The Morgan fingerprint density at radius 3 is 2.67 bits per heavy atom. The van der Waals surface area contributed by atoms with Crippen molar-refractivity contribution in [2.45, 2.75) is 13.3 Å². The van der Waals surface area contributed by atoms with Crippen LogP contribution in [0.25, 0.3) is 0 Å². The van der Waals surface area contributed by atoms with Gasteiger partial charge in [-0.05, 0) is 19.1 Å². The second-order valence-corrected chi connectivity index (χ2v) is 2.98. The number of hydrogen-bond acceptors (Lipinski definition) is 2. The topological polar surface area (TPSA) is 41.6 Å². The lowest BCUT2D eigenvalue weighted by Gasteiger charge is -1.98. The maximum atomic E-state index is 4.39. The normalized spacial score (nSPS) is 8.87. The molecule has 2 aromatic rings. The van der Waals surface area contributed by atoms with Gasteiger partial charge in [-0.25, -0.2) is 4.98 Å². The maximum absolute atomic E-state index is 4.39. The van der Waals surface area contributed by atoms with Gasteiger partial charge in [-0.15, -0.1) is 24.8 Å². The highest BCUT2D eigenvalue weighted by Gasteiger charge is 1.98. The summed E-state index contributed by atoms with van der Waals surface area (Å²) in [5.74, 6) is 0.957. The third-order valence-corrected chi connectivity index (χ3v) is 1.85. The SMILES string of the molecule is Cc1cccc(Cc2ncc[nH]2)n1.Cl.Cl. The van der Waals surface area contributed by atoms with Gasteiger partial charge in [0, 0.05) is 30.2 Å². The van der Waals surface area contributed by atoms with Crippen LogP contribution in [0.15, 0.2) is 30.6 Å². The summed E-state index contributed by atoms with van der Waals surface area (Å²) in [5, 5.41) is 0. The molecule has 0 aromatic carbocycles.